The lowest BCUT2D eigenvalue weighted by Crippen LogP contribution is -2.46. The van der Waals surface area contributed by atoms with E-state index in [0.717, 1.165) is 30.7 Å². The number of benzene rings is 1. The van der Waals surface area contributed by atoms with Crippen molar-refractivity contribution in [2.75, 3.05) is 13.7 Å². The van der Waals surface area contributed by atoms with Crippen LogP contribution in [0.2, 0.25) is 0 Å². The van der Waals surface area contributed by atoms with Crippen molar-refractivity contribution in [1.29, 1.82) is 0 Å². The fraction of sp³-hybridized carbons (Fsp3) is 0.500. The van der Waals surface area contributed by atoms with Crippen LogP contribution in [-0.4, -0.2) is 25.6 Å². The zero-order valence-electron chi connectivity index (χ0n) is 10.7. The molecule has 4 heteroatoms. The Bertz CT molecular complexity index is 401. The highest BCUT2D eigenvalue weighted by molar-refractivity contribution is 5.81. The van der Waals surface area contributed by atoms with Gasteiger partial charge < -0.3 is 15.4 Å². The topological polar surface area (TPSA) is 50.4 Å². The van der Waals surface area contributed by atoms with Gasteiger partial charge in [0, 0.05) is 6.54 Å². The van der Waals surface area contributed by atoms with Crippen molar-refractivity contribution < 1.29 is 9.53 Å². The molecule has 1 aliphatic rings. The monoisotopic (exact) mass is 248 g/mol. The van der Waals surface area contributed by atoms with Gasteiger partial charge in [0.05, 0.1) is 13.2 Å². The number of hydrogen-bond donors (Lipinski definition) is 2. The zero-order chi connectivity index (χ0) is 12.8. The van der Waals surface area contributed by atoms with E-state index in [2.05, 4.69) is 10.6 Å². The maximum atomic E-state index is 11.9. The predicted molar refractivity (Wildman–Crippen MR) is 70.5 cm³/mol. The molecular formula is C14H20N2O2. The minimum absolute atomic E-state index is 0.0237. The molecule has 2 rings (SSSR count). The molecule has 0 aromatic heterocycles. The molecule has 0 unspecified atom stereocenters. The largest absolute Gasteiger partial charge is 0.497 e. The summed E-state index contributed by atoms with van der Waals surface area (Å²) in [4.78, 5) is 11.9. The first-order valence-corrected chi connectivity index (χ1v) is 6.43. The van der Waals surface area contributed by atoms with Gasteiger partial charge in [0.15, 0.2) is 0 Å². The number of carbonyl (C=O) groups is 1. The van der Waals surface area contributed by atoms with Crippen LogP contribution in [0.1, 0.15) is 24.8 Å². The Morgan fingerprint density at radius 3 is 3.11 bits per heavy atom. The Morgan fingerprint density at radius 1 is 1.50 bits per heavy atom. The Hall–Kier alpha value is -1.55. The molecular weight excluding hydrogens is 228 g/mol. The molecule has 4 nitrogen and oxygen atoms in total. The van der Waals surface area contributed by atoms with Crippen molar-refractivity contribution >= 4 is 5.91 Å². The number of nitrogens with one attached hydrogen (secondary N) is 2. The van der Waals surface area contributed by atoms with Crippen LogP contribution >= 0.6 is 0 Å². The third-order valence-electron chi connectivity index (χ3n) is 3.23. The lowest BCUT2D eigenvalue weighted by atomic mass is 10.0. The van der Waals surface area contributed by atoms with Gasteiger partial charge in [-0.3, -0.25) is 4.79 Å². The van der Waals surface area contributed by atoms with E-state index in [1.54, 1.807) is 7.11 Å². The SMILES string of the molecule is COc1cccc(CNC(=O)[C@@H]2CCCCN2)c1. The molecule has 2 N–H and O–H groups in total. The Labute approximate surface area is 108 Å². The van der Waals surface area contributed by atoms with E-state index in [0.29, 0.717) is 6.54 Å². The van der Waals surface area contributed by atoms with E-state index in [1.165, 1.54) is 6.42 Å². The molecule has 0 bridgehead atoms. The summed E-state index contributed by atoms with van der Waals surface area (Å²) in [6.45, 7) is 1.49. The molecule has 0 spiro atoms. The summed E-state index contributed by atoms with van der Waals surface area (Å²) < 4.78 is 5.15. The molecule has 0 saturated carbocycles. The van der Waals surface area contributed by atoms with Gasteiger partial charge in [0.25, 0.3) is 0 Å². The highest BCUT2D eigenvalue weighted by Gasteiger charge is 2.19. The highest BCUT2D eigenvalue weighted by atomic mass is 16.5. The Morgan fingerprint density at radius 2 is 2.39 bits per heavy atom. The van der Waals surface area contributed by atoms with Crippen molar-refractivity contribution in [1.82, 2.24) is 10.6 Å². The molecule has 1 atom stereocenters. The average molecular weight is 248 g/mol. The highest BCUT2D eigenvalue weighted by Crippen LogP contribution is 2.12. The molecule has 18 heavy (non-hydrogen) atoms. The predicted octanol–water partition coefficient (Wildman–Crippen LogP) is 1.45. The standard InChI is InChI=1S/C14H20N2O2/c1-18-12-6-4-5-11(9-12)10-16-14(17)13-7-2-3-8-15-13/h4-6,9,13,15H,2-3,7-8,10H2,1H3,(H,16,17)/t13-/m0/s1. The van der Waals surface area contributed by atoms with Crippen molar-refractivity contribution in [2.24, 2.45) is 0 Å². The fourth-order valence-corrected chi connectivity index (χ4v) is 2.17. The molecule has 1 heterocycles. The second-order valence-electron chi connectivity index (χ2n) is 4.57. The molecule has 0 aliphatic carbocycles. The van der Waals surface area contributed by atoms with Gasteiger partial charge in [-0.2, -0.15) is 0 Å². The number of piperidine rings is 1. The second-order valence-corrected chi connectivity index (χ2v) is 4.57. The summed E-state index contributed by atoms with van der Waals surface area (Å²) in [6.07, 6.45) is 3.23. The molecule has 0 radical (unpaired) electrons. The molecule has 1 aromatic rings. The van der Waals surface area contributed by atoms with Gasteiger partial charge in [0.2, 0.25) is 5.91 Å². The molecule has 1 aliphatic heterocycles. The number of carbonyl (C=O) groups excluding carboxylic acids is 1. The van der Waals surface area contributed by atoms with Crippen molar-refractivity contribution in [3.63, 3.8) is 0 Å². The first-order valence-electron chi connectivity index (χ1n) is 6.43. The maximum absolute atomic E-state index is 11.9. The van der Waals surface area contributed by atoms with Gasteiger partial charge in [0.1, 0.15) is 5.75 Å². The summed E-state index contributed by atoms with van der Waals surface area (Å²) in [5, 5.41) is 6.20. The van der Waals surface area contributed by atoms with Gasteiger partial charge in [-0.05, 0) is 37.1 Å². The molecule has 1 fully saturated rings. The first-order chi connectivity index (χ1) is 8.79. The Kier molecular flexibility index (Phi) is 4.59. The number of hydrogen-bond acceptors (Lipinski definition) is 3. The molecule has 1 saturated heterocycles. The average Bonchev–Trinajstić information content (AvgIpc) is 2.46. The van der Waals surface area contributed by atoms with E-state index in [4.69, 9.17) is 4.74 Å². The lowest BCUT2D eigenvalue weighted by molar-refractivity contribution is -0.123. The molecule has 1 aromatic carbocycles. The maximum Gasteiger partial charge on any atom is 0.237 e. The van der Waals surface area contributed by atoms with Crippen LogP contribution < -0.4 is 15.4 Å². The van der Waals surface area contributed by atoms with Crippen LogP contribution in [0.3, 0.4) is 0 Å². The van der Waals surface area contributed by atoms with Crippen LogP contribution in [-0.2, 0) is 11.3 Å². The number of amides is 1. The second kappa shape index (κ2) is 6.40. The van der Waals surface area contributed by atoms with Gasteiger partial charge >= 0.3 is 0 Å². The van der Waals surface area contributed by atoms with Crippen LogP contribution in [0.5, 0.6) is 5.75 Å². The molecule has 1 amide bonds. The minimum atomic E-state index is -0.0237. The van der Waals surface area contributed by atoms with Crippen LogP contribution in [0, 0.1) is 0 Å². The van der Waals surface area contributed by atoms with Crippen molar-refractivity contribution in [2.45, 2.75) is 31.8 Å². The normalized spacial score (nSPS) is 19.3. The first kappa shape index (κ1) is 12.9. The minimum Gasteiger partial charge on any atom is -0.497 e. The summed E-state index contributed by atoms with van der Waals surface area (Å²) in [5.74, 6) is 0.912. The van der Waals surface area contributed by atoms with Crippen molar-refractivity contribution in [3.8, 4) is 5.75 Å². The van der Waals surface area contributed by atoms with E-state index in [9.17, 15) is 4.79 Å². The quantitative estimate of drug-likeness (QED) is 0.848. The summed E-state index contributed by atoms with van der Waals surface area (Å²) in [6, 6.07) is 7.73. The van der Waals surface area contributed by atoms with Crippen LogP contribution in [0.25, 0.3) is 0 Å². The van der Waals surface area contributed by atoms with Gasteiger partial charge in [-0.15, -0.1) is 0 Å². The van der Waals surface area contributed by atoms with Gasteiger partial charge in [-0.25, -0.2) is 0 Å². The number of methoxy groups -OCH3 is 1. The summed E-state index contributed by atoms with van der Waals surface area (Å²) >= 11 is 0. The number of ether oxygens (including phenoxy) is 1. The van der Waals surface area contributed by atoms with Crippen LogP contribution in [0.4, 0.5) is 0 Å². The van der Waals surface area contributed by atoms with Crippen LogP contribution in [0.15, 0.2) is 24.3 Å². The van der Waals surface area contributed by atoms with E-state index in [-0.39, 0.29) is 11.9 Å². The Balaban J connectivity index is 1.84. The number of rotatable bonds is 4. The lowest BCUT2D eigenvalue weighted by Gasteiger charge is -2.22. The van der Waals surface area contributed by atoms with Gasteiger partial charge in [-0.1, -0.05) is 18.6 Å². The fourth-order valence-electron chi connectivity index (χ4n) is 2.17. The van der Waals surface area contributed by atoms with E-state index < -0.39 is 0 Å². The van der Waals surface area contributed by atoms with E-state index in [1.807, 2.05) is 24.3 Å². The van der Waals surface area contributed by atoms with E-state index >= 15 is 0 Å². The smallest absolute Gasteiger partial charge is 0.237 e. The summed E-state index contributed by atoms with van der Waals surface area (Å²) in [5.41, 5.74) is 1.05. The van der Waals surface area contributed by atoms with Crippen molar-refractivity contribution in [3.05, 3.63) is 29.8 Å². The third kappa shape index (κ3) is 3.47. The molecule has 98 valence electrons. The summed E-state index contributed by atoms with van der Waals surface area (Å²) in [7, 11) is 1.64. The third-order valence-corrected chi connectivity index (χ3v) is 3.23. The zero-order valence-corrected chi connectivity index (χ0v) is 10.7.